The van der Waals surface area contributed by atoms with Gasteiger partial charge >= 0.3 is 0 Å². The molecule has 3 rings (SSSR count). The first-order valence-electron chi connectivity index (χ1n) is 12.3. The van der Waals surface area contributed by atoms with Crippen LogP contribution in [-0.2, 0) is 20.7 Å². The Kier molecular flexibility index (Phi) is 9.41. The highest BCUT2D eigenvalue weighted by Gasteiger charge is 2.30. The first kappa shape index (κ1) is 27.1. The Bertz CT molecular complexity index is 1060. The van der Waals surface area contributed by atoms with Crippen molar-refractivity contribution in [2.24, 2.45) is 5.92 Å². The maximum atomic E-state index is 13.4. The minimum absolute atomic E-state index is 0.0314. The first-order chi connectivity index (χ1) is 17.2. The fourth-order valence-corrected chi connectivity index (χ4v) is 4.23. The number of amides is 3. The van der Waals surface area contributed by atoms with E-state index in [1.54, 1.807) is 56.6 Å². The minimum Gasteiger partial charge on any atom is -0.491 e. The molecule has 2 aromatic rings. The van der Waals surface area contributed by atoms with Crippen molar-refractivity contribution in [1.82, 2.24) is 14.8 Å². The van der Waals surface area contributed by atoms with Crippen LogP contribution >= 0.6 is 0 Å². The van der Waals surface area contributed by atoms with E-state index in [0.717, 1.165) is 5.56 Å². The molecular weight excluding hydrogens is 460 g/mol. The molecule has 0 radical (unpaired) electrons. The summed E-state index contributed by atoms with van der Waals surface area (Å²) in [4.78, 5) is 46.1. The second-order valence-corrected chi connectivity index (χ2v) is 9.29. The lowest BCUT2D eigenvalue weighted by Crippen LogP contribution is -2.49. The number of carbonyl (C=O) groups excluding carboxylic acids is 3. The maximum Gasteiger partial charge on any atom is 0.257 e. The van der Waals surface area contributed by atoms with Crippen molar-refractivity contribution in [3.8, 4) is 5.75 Å². The quantitative estimate of drug-likeness (QED) is 0.683. The van der Waals surface area contributed by atoms with Gasteiger partial charge in [0, 0.05) is 63.7 Å². The number of nitrogens with one attached hydrogen (secondary N) is 1. The molecule has 1 aromatic carbocycles. The van der Waals surface area contributed by atoms with Gasteiger partial charge in [0.2, 0.25) is 11.8 Å². The number of nitrogens with zero attached hydrogens (tertiary/aromatic N) is 3. The third-order valence-electron chi connectivity index (χ3n) is 6.45. The lowest BCUT2D eigenvalue weighted by Gasteiger charge is -2.36. The van der Waals surface area contributed by atoms with Gasteiger partial charge in [0.25, 0.3) is 5.91 Å². The Hall–Kier alpha value is -3.46. The highest BCUT2D eigenvalue weighted by Crippen LogP contribution is 2.27. The molecule has 9 nitrogen and oxygen atoms in total. The van der Waals surface area contributed by atoms with Crippen molar-refractivity contribution in [3.63, 3.8) is 0 Å². The van der Waals surface area contributed by atoms with E-state index in [2.05, 4.69) is 10.3 Å². The van der Waals surface area contributed by atoms with E-state index < -0.39 is 0 Å². The van der Waals surface area contributed by atoms with E-state index in [9.17, 15) is 14.4 Å². The van der Waals surface area contributed by atoms with Crippen LogP contribution in [0.5, 0.6) is 5.75 Å². The normalized spacial score (nSPS) is 21.0. The molecule has 0 saturated carbocycles. The van der Waals surface area contributed by atoms with Gasteiger partial charge in [-0.05, 0) is 30.7 Å². The van der Waals surface area contributed by atoms with Crippen molar-refractivity contribution in [3.05, 3.63) is 53.9 Å². The zero-order valence-electron chi connectivity index (χ0n) is 21.7. The number of ether oxygens (including phenoxy) is 2. The van der Waals surface area contributed by atoms with Gasteiger partial charge in [0.05, 0.1) is 24.1 Å². The monoisotopic (exact) mass is 496 g/mol. The Balaban J connectivity index is 1.94. The van der Waals surface area contributed by atoms with Crippen molar-refractivity contribution in [2.45, 2.75) is 45.8 Å². The fourth-order valence-electron chi connectivity index (χ4n) is 4.23. The van der Waals surface area contributed by atoms with Gasteiger partial charge in [-0.3, -0.25) is 19.4 Å². The number of anilines is 1. The molecule has 3 atom stereocenters. The van der Waals surface area contributed by atoms with E-state index >= 15 is 0 Å². The van der Waals surface area contributed by atoms with Crippen molar-refractivity contribution < 1.29 is 23.9 Å². The fraction of sp³-hybridized carbons (Fsp3) is 0.481. The van der Waals surface area contributed by atoms with E-state index in [1.165, 1.54) is 0 Å². The molecule has 0 aliphatic carbocycles. The molecule has 0 saturated heterocycles. The number of rotatable bonds is 5. The molecule has 3 amide bonds. The van der Waals surface area contributed by atoms with Gasteiger partial charge < -0.3 is 24.6 Å². The maximum absolute atomic E-state index is 13.4. The largest absolute Gasteiger partial charge is 0.491 e. The number of hydrogen-bond donors (Lipinski definition) is 1. The van der Waals surface area contributed by atoms with E-state index in [4.69, 9.17) is 9.47 Å². The molecule has 1 aromatic heterocycles. The molecule has 194 valence electrons. The molecule has 1 aliphatic rings. The molecule has 0 spiro atoms. The standard InChI is InChI=1S/C27H36N4O5/c1-6-25(32)29-21-9-10-22-23(13-21)36-17-19(3)31(26(33)12-20-8-7-11-28-14-20)15-18(2)24(35-5)16-30(4)27(22)34/h7-11,13-14,18-19,24H,6,12,15-17H2,1-5H3,(H,29,32)/t18-,19+,24-/m0/s1. The lowest BCUT2D eigenvalue weighted by atomic mass is 10.0. The lowest BCUT2D eigenvalue weighted by molar-refractivity contribution is -0.134. The molecule has 0 unspecified atom stereocenters. The van der Waals surface area contributed by atoms with Crippen molar-refractivity contribution >= 4 is 23.4 Å². The van der Waals surface area contributed by atoms with Crippen LogP contribution in [0.4, 0.5) is 5.69 Å². The van der Waals surface area contributed by atoms with Crippen LogP contribution in [0.15, 0.2) is 42.7 Å². The van der Waals surface area contributed by atoms with Gasteiger partial charge in [-0.2, -0.15) is 0 Å². The van der Waals surface area contributed by atoms with Gasteiger partial charge in [-0.1, -0.05) is 19.9 Å². The zero-order valence-corrected chi connectivity index (χ0v) is 21.7. The molecule has 1 N–H and O–H groups in total. The zero-order chi connectivity index (χ0) is 26.2. The smallest absolute Gasteiger partial charge is 0.257 e. The second-order valence-electron chi connectivity index (χ2n) is 9.29. The highest BCUT2D eigenvalue weighted by atomic mass is 16.5. The Morgan fingerprint density at radius 3 is 2.67 bits per heavy atom. The number of fused-ring (bicyclic) bond motifs is 1. The third-order valence-corrected chi connectivity index (χ3v) is 6.45. The van der Waals surface area contributed by atoms with Gasteiger partial charge in [0.1, 0.15) is 12.4 Å². The molecule has 1 aliphatic heterocycles. The van der Waals surface area contributed by atoms with Crippen molar-refractivity contribution in [1.29, 1.82) is 0 Å². The minimum atomic E-state index is -0.275. The molecule has 9 heteroatoms. The molecular formula is C27H36N4O5. The van der Waals surface area contributed by atoms with Crippen LogP contribution in [0.1, 0.15) is 43.1 Å². The summed E-state index contributed by atoms with van der Waals surface area (Å²) in [6.45, 7) is 6.69. The average molecular weight is 497 g/mol. The van der Waals surface area contributed by atoms with E-state index in [1.807, 2.05) is 30.9 Å². The summed E-state index contributed by atoms with van der Waals surface area (Å²) in [5.41, 5.74) is 1.77. The molecule has 0 bridgehead atoms. The average Bonchev–Trinajstić information content (AvgIpc) is 2.88. The third kappa shape index (κ3) is 6.81. The number of methoxy groups -OCH3 is 1. The number of aromatic nitrogens is 1. The van der Waals surface area contributed by atoms with E-state index in [-0.39, 0.29) is 48.8 Å². The second kappa shape index (κ2) is 12.5. The van der Waals surface area contributed by atoms with Crippen LogP contribution < -0.4 is 10.1 Å². The van der Waals surface area contributed by atoms with Gasteiger partial charge in [-0.25, -0.2) is 0 Å². The Morgan fingerprint density at radius 2 is 2.00 bits per heavy atom. The summed E-state index contributed by atoms with van der Waals surface area (Å²) in [5, 5.41) is 2.81. The topological polar surface area (TPSA) is 101 Å². The van der Waals surface area contributed by atoms with Crippen LogP contribution in [0.25, 0.3) is 0 Å². The number of hydrogen-bond acceptors (Lipinski definition) is 6. The van der Waals surface area contributed by atoms with Gasteiger partial charge in [0.15, 0.2) is 0 Å². The van der Waals surface area contributed by atoms with Crippen LogP contribution in [0.3, 0.4) is 0 Å². The Morgan fingerprint density at radius 1 is 1.22 bits per heavy atom. The molecule has 36 heavy (non-hydrogen) atoms. The highest BCUT2D eigenvalue weighted by molar-refractivity contribution is 5.98. The summed E-state index contributed by atoms with van der Waals surface area (Å²) in [6, 6.07) is 8.43. The summed E-state index contributed by atoms with van der Waals surface area (Å²) in [5.74, 6) is -0.0493. The number of likely N-dealkylation sites (N-methyl/N-ethyl adjacent to an activating group) is 1. The first-order valence-corrected chi connectivity index (χ1v) is 12.3. The SMILES string of the molecule is CCC(=O)Nc1ccc2c(c1)OC[C@@H](C)N(C(=O)Cc1cccnc1)C[C@H](C)[C@@H](OC)CN(C)C2=O. The predicted octanol–water partition coefficient (Wildman–Crippen LogP) is 3.01. The summed E-state index contributed by atoms with van der Waals surface area (Å²) >= 11 is 0. The van der Waals surface area contributed by atoms with Crippen LogP contribution in [-0.4, -0.2) is 78.5 Å². The van der Waals surface area contributed by atoms with E-state index in [0.29, 0.717) is 36.5 Å². The summed E-state index contributed by atoms with van der Waals surface area (Å²) in [6.07, 6.45) is 3.66. The molecule has 2 heterocycles. The molecule has 0 fully saturated rings. The Labute approximate surface area is 212 Å². The number of carbonyl (C=O) groups is 3. The number of pyridine rings is 1. The van der Waals surface area contributed by atoms with Crippen LogP contribution in [0.2, 0.25) is 0 Å². The van der Waals surface area contributed by atoms with Crippen molar-refractivity contribution in [2.75, 3.05) is 39.2 Å². The summed E-state index contributed by atoms with van der Waals surface area (Å²) < 4.78 is 11.9. The number of benzene rings is 1. The predicted molar refractivity (Wildman–Crippen MR) is 137 cm³/mol. The van der Waals surface area contributed by atoms with Crippen LogP contribution in [0, 0.1) is 5.92 Å². The van der Waals surface area contributed by atoms with Gasteiger partial charge in [-0.15, -0.1) is 0 Å². The summed E-state index contributed by atoms with van der Waals surface area (Å²) in [7, 11) is 3.34.